The molecular formula is C37H56FN7O2Sn. The molecule has 0 aliphatic carbocycles. The number of tetrazole rings is 1. The van der Waals surface area contributed by atoms with Gasteiger partial charge in [0.15, 0.2) is 0 Å². The van der Waals surface area contributed by atoms with Crippen molar-refractivity contribution < 1.29 is 13.9 Å². The molecular weight excluding hydrogens is 712 g/mol. The molecule has 0 saturated carbocycles. The Hall–Kier alpha value is -2.86. The number of unbranched alkanes of at least 4 members (excludes halogenated alkanes) is 3. The Morgan fingerprint density at radius 1 is 1.02 bits per heavy atom. The number of amides is 1. The first kappa shape index (κ1) is 37.9. The van der Waals surface area contributed by atoms with Crippen LogP contribution in [0.25, 0.3) is 6.08 Å². The first-order valence-corrected chi connectivity index (χ1v) is 25.5. The van der Waals surface area contributed by atoms with Gasteiger partial charge in [0.1, 0.15) is 19.0 Å². The number of hydrogen-bond acceptors (Lipinski definition) is 7. The van der Waals surface area contributed by atoms with Crippen LogP contribution in [-0.4, -0.2) is 98.2 Å². The summed E-state index contributed by atoms with van der Waals surface area (Å²) in [6.07, 6.45) is 13.0. The molecule has 1 aliphatic heterocycles. The van der Waals surface area contributed by atoms with Crippen LogP contribution >= 0.6 is 0 Å². The van der Waals surface area contributed by atoms with E-state index in [0.29, 0.717) is 31.2 Å². The van der Waals surface area contributed by atoms with E-state index in [0.717, 1.165) is 29.9 Å². The second-order valence-corrected chi connectivity index (χ2v) is 26.6. The predicted molar refractivity (Wildman–Crippen MR) is 194 cm³/mol. The van der Waals surface area contributed by atoms with Crippen molar-refractivity contribution in [2.75, 3.05) is 32.9 Å². The second-order valence-electron chi connectivity index (χ2n) is 13.3. The molecule has 11 heteroatoms. The third-order valence-corrected chi connectivity index (χ3v) is 25.2. The van der Waals surface area contributed by atoms with E-state index in [9.17, 15) is 9.18 Å². The van der Waals surface area contributed by atoms with Gasteiger partial charge in [-0.15, -0.1) is 0 Å². The van der Waals surface area contributed by atoms with Crippen molar-refractivity contribution in [2.45, 2.75) is 106 Å². The molecule has 0 N–H and O–H groups in total. The predicted octanol–water partition coefficient (Wildman–Crippen LogP) is 6.58. The summed E-state index contributed by atoms with van der Waals surface area (Å²) in [4.78, 5) is 24.0. The SMILES string of the molecule is CCC[CH2][Sn]([CH2]CCC)([CH2]CCC)[c]1ccc(/C=C/C(=O)N2CCN(Cc3ccc(OCCF)cn3)CC2C)c(Cn2nnc(C)n2)c1. The molecule has 1 fully saturated rings. The number of nitrogens with zero attached hydrogens (tertiary/aromatic N) is 7. The Bertz CT molecular complexity index is 1430. The Morgan fingerprint density at radius 2 is 1.75 bits per heavy atom. The van der Waals surface area contributed by atoms with Crippen LogP contribution in [0.15, 0.2) is 42.6 Å². The molecule has 2 aromatic heterocycles. The molecule has 1 atom stereocenters. The number of pyridine rings is 1. The number of hydrogen-bond donors (Lipinski definition) is 0. The van der Waals surface area contributed by atoms with E-state index in [4.69, 9.17) is 4.74 Å². The van der Waals surface area contributed by atoms with Crippen LogP contribution in [0, 0.1) is 6.92 Å². The molecule has 0 bridgehead atoms. The van der Waals surface area contributed by atoms with E-state index in [1.54, 1.807) is 20.6 Å². The Morgan fingerprint density at radius 3 is 2.33 bits per heavy atom. The van der Waals surface area contributed by atoms with E-state index in [1.165, 1.54) is 51.8 Å². The van der Waals surface area contributed by atoms with Gasteiger partial charge in [-0.1, -0.05) is 0 Å². The molecule has 1 aromatic carbocycles. The number of ether oxygens (including phenoxy) is 1. The normalized spacial score (nSPS) is 15.8. The van der Waals surface area contributed by atoms with Crippen molar-refractivity contribution in [3.8, 4) is 5.75 Å². The quantitative estimate of drug-likeness (QED) is 0.101. The molecule has 9 nitrogen and oxygen atoms in total. The topological polar surface area (TPSA) is 89.3 Å². The van der Waals surface area contributed by atoms with Crippen molar-refractivity contribution in [1.82, 2.24) is 35.0 Å². The van der Waals surface area contributed by atoms with Gasteiger partial charge in [0, 0.05) is 0 Å². The van der Waals surface area contributed by atoms with Gasteiger partial charge in [-0.05, 0) is 12.1 Å². The fourth-order valence-electron chi connectivity index (χ4n) is 6.87. The van der Waals surface area contributed by atoms with E-state index >= 15 is 0 Å². The number of rotatable bonds is 19. The number of alkyl halides is 1. The summed E-state index contributed by atoms with van der Waals surface area (Å²) in [5.41, 5.74) is 3.13. The number of carbonyl (C=O) groups is 1. The van der Waals surface area contributed by atoms with Gasteiger partial charge in [0.05, 0.1) is 11.9 Å². The van der Waals surface area contributed by atoms with Gasteiger partial charge >= 0.3 is 235 Å². The average molecular weight is 769 g/mol. The van der Waals surface area contributed by atoms with E-state index in [2.05, 4.69) is 71.2 Å². The molecule has 1 amide bonds. The third kappa shape index (κ3) is 10.8. The fraction of sp³-hybridized carbons (Fsp3) is 0.595. The summed E-state index contributed by atoms with van der Waals surface area (Å²) >= 11 is -2.68. The fourth-order valence-corrected chi connectivity index (χ4v) is 22.9. The standard InChI is InChI=1S/C25H29FN7O2.3C4H9.Sn/c1-19-16-31(18-23-8-9-24(15-27-23)35-14-11-26)12-13-32(19)25(34)10-7-21-5-3-4-6-22(21)17-33-29-20(2)28-30-33;3*1-3-4-2;/h3,5-10,15,19H,11-14,16-18H2,1-2H3;3*1,3-4H2,2H3;/b10-7+;;;;. The first-order valence-electron chi connectivity index (χ1n) is 18.0. The molecule has 0 spiro atoms. The van der Waals surface area contributed by atoms with Crippen molar-refractivity contribution in [2.24, 2.45) is 0 Å². The minimum atomic E-state index is -2.68. The van der Waals surface area contributed by atoms with Gasteiger partial charge < -0.3 is 4.74 Å². The number of aryl methyl sites for hydroxylation is 1. The second kappa shape index (κ2) is 19.4. The van der Waals surface area contributed by atoms with Gasteiger partial charge in [0.25, 0.3) is 0 Å². The summed E-state index contributed by atoms with van der Waals surface area (Å²) in [7, 11) is 0. The molecule has 1 unspecified atom stereocenters. The van der Waals surface area contributed by atoms with Crippen molar-refractivity contribution in [3.63, 3.8) is 0 Å². The summed E-state index contributed by atoms with van der Waals surface area (Å²) in [6, 6.07) is 10.9. The Labute approximate surface area is 291 Å². The van der Waals surface area contributed by atoms with Gasteiger partial charge in [-0.3, -0.25) is 4.98 Å². The maximum atomic E-state index is 13.6. The monoisotopic (exact) mass is 769 g/mol. The van der Waals surface area contributed by atoms with Gasteiger partial charge in [0.2, 0.25) is 0 Å². The Balaban J connectivity index is 1.50. The molecule has 3 aromatic rings. The first-order chi connectivity index (χ1) is 23.3. The molecule has 1 saturated heterocycles. The summed E-state index contributed by atoms with van der Waals surface area (Å²) in [5, 5.41) is 12.9. The van der Waals surface area contributed by atoms with Gasteiger partial charge in [-0.25, -0.2) is 4.39 Å². The number of halogens is 1. The number of piperazine rings is 1. The molecule has 3 heterocycles. The molecule has 4 rings (SSSR count). The Kier molecular flexibility index (Phi) is 15.3. The summed E-state index contributed by atoms with van der Waals surface area (Å²) in [6.45, 7) is 13.8. The van der Waals surface area contributed by atoms with E-state index in [1.807, 2.05) is 30.0 Å². The summed E-state index contributed by atoms with van der Waals surface area (Å²) in [5.74, 6) is 1.26. The van der Waals surface area contributed by atoms with Crippen LogP contribution in [0.3, 0.4) is 0 Å². The number of aromatic nitrogens is 5. The molecule has 262 valence electrons. The van der Waals surface area contributed by atoms with Crippen LogP contribution in [0.5, 0.6) is 5.75 Å². The molecule has 1 aliphatic rings. The number of benzene rings is 1. The van der Waals surface area contributed by atoms with E-state index in [-0.39, 0.29) is 18.6 Å². The van der Waals surface area contributed by atoms with Crippen LogP contribution < -0.4 is 8.32 Å². The van der Waals surface area contributed by atoms with Gasteiger partial charge in [-0.2, -0.15) is 0 Å². The van der Waals surface area contributed by atoms with E-state index < -0.39 is 25.1 Å². The van der Waals surface area contributed by atoms with Crippen LogP contribution in [0.2, 0.25) is 13.3 Å². The zero-order valence-electron chi connectivity index (χ0n) is 29.8. The maximum absolute atomic E-state index is 13.6. The zero-order valence-corrected chi connectivity index (χ0v) is 32.7. The van der Waals surface area contributed by atoms with Crippen molar-refractivity contribution in [3.05, 3.63) is 65.2 Å². The molecule has 48 heavy (non-hydrogen) atoms. The zero-order chi connectivity index (χ0) is 34.4. The number of carbonyl (C=O) groups excluding carboxylic acids is 1. The third-order valence-electron chi connectivity index (χ3n) is 9.58. The molecule has 0 radical (unpaired) electrons. The van der Waals surface area contributed by atoms with Crippen molar-refractivity contribution >= 4 is 33.9 Å². The van der Waals surface area contributed by atoms with Crippen molar-refractivity contribution in [1.29, 1.82) is 0 Å². The summed E-state index contributed by atoms with van der Waals surface area (Å²) < 4.78 is 23.5. The minimum absolute atomic E-state index is 0.0294. The average Bonchev–Trinajstić information content (AvgIpc) is 3.51. The van der Waals surface area contributed by atoms with Crippen LogP contribution in [0.4, 0.5) is 4.39 Å². The van der Waals surface area contributed by atoms with Crippen LogP contribution in [-0.2, 0) is 17.9 Å². The van der Waals surface area contributed by atoms with Crippen LogP contribution in [0.1, 0.15) is 88.9 Å².